The van der Waals surface area contributed by atoms with Crippen molar-refractivity contribution in [3.8, 4) is 0 Å². The van der Waals surface area contributed by atoms with Crippen LogP contribution in [0.25, 0.3) is 0 Å². The van der Waals surface area contributed by atoms with Gasteiger partial charge >= 0.3 is 12.1 Å². The highest BCUT2D eigenvalue weighted by Gasteiger charge is 2.36. The maximum Gasteiger partial charge on any atom is 0.435 e. The second-order valence-electron chi connectivity index (χ2n) is 4.70. The highest BCUT2D eigenvalue weighted by molar-refractivity contribution is 5.89. The van der Waals surface area contributed by atoms with E-state index in [0.717, 1.165) is 15.6 Å². The molecule has 0 aliphatic rings. The summed E-state index contributed by atoms with van der Waals surface area (Å²) in [7, 11) is 0. The van der Waals surface area contributed by atoms with Crippen LogP contribution in [-0.2, 0) is 28.9 Å². The summed E-state index contributed by atoms with van der Waals surface area (Å²) in [4.78, 5) is 22.3. The Hall–Kier alpha value is -2.85. The smallest absolute Gasteiger partial charge is 0.435 e. The number of halogens is 3. The second kappa shape index (κ2) is 6.10. The van der Waals surface area contributed by atoms with Gasteiger partial charge in [-0.25, -0.2) is 0 Å². The SMILES string of the molecule is Cc1cn(CC(=O)Nc2ccn(CC(=O)O)n2)nc1C(F)(F)F. The fourth-order valence-corrected chi connectivity index (χ4v) is 1.87. The minimum Gasteiger partial charge on any atom is -0.480 e. The number of nitrogens with one attached hydrogen (secondary N) is 1. The van der Waals surface area contributed by atoms with Crippen LogP contribution < -0.4 is 5.32 Å². The molecule has 8 nitrogen and oxygen atoms in total. The van der Waals surface area contributed by atoms with E-state index in [1.165, 1.54) is 19.2 Å². The highest BCUT2D eigenvalue weighted by atomic mass is 19.4. The molecule has 0 atom stereocenters. The third-order valence-corrected chi connectivity index (χ3v) is 2.72. The number of hydrogen-bond donors (Lipinski definition) is 2. The molecule has 0 fully saturated rings. The van der Waals surface area contributed by atoms with Gasteiger partial charge in [-0.05, 0) is 12.5 Å². The molecule has 124 valence electrons. The van der Waals surface area contributed by atoms with Gasteiger partial charge in [-0.2, -0.15) is 23.4 Å². The number of alkyl halides is 3. The van der Waals surface area contributed by atoms with Crippen LogP contribution in [0.1, 0.15) is 11.3 Å². The van der Waals surface area contributed by atoms with Crippen LogP contribution in [-0.4, -0.2) is 36.5 Å². The van der Waals surface area contributed by atoms with Crippen LogP contribution in [0.3, 0.4) is 0 Å². The van der Waals surface area contributed by atoms with Crippen molar-refractivity contribution in [3.05, 3.63) is 29.7 Å². The van der Waals surface area contributed by atoms with Crippen molar-refractivity contribution in [1.82, 2.24) is 19.6 Å². The number of carbonyl (C=O) groups excluding carboxylic acids is 1. The van der Waals surface area contributed by atoms with Crippen molar-refractivity contribution in [3.63, 3.8) is 0 Å². The van der Waals surface area contributed by atoms with Crippen LogP contribution >= 0.6 is 0 Å². The fourth-order valence-electron chi connectivity index (χ4n) is 1.87. The molecule has 0 saturated carbocycles. The average molecular weight is 331 g/mol. The van der Waals surface area contributed by atoms with E-state index in [4.69, 9.17) is 5.11 Å². The first-order valence-electron chi connectivity index (χ1n) is 6.31. The first-order chi connectivity index (χ1) is 10.6. The van der Waals surface area contributed by atoms with E-state index in [2.05, 4.69) is 15.5 Å². The maximum atomic E-state index is 12.6. The Morgan fingerprint density at radius 2 is 1.96 bits per heavy atom. The molecular formula is C12H12F3N5O3. The third-order valence-electron chi connectivity index (χ3n) is 2.72. The number of amides is 1. The van der Waals surface area contributed by atoms with Gasteiger partial charge in [0.15, 0.2) is 11.5 Å². The van der Waals surface area contributed by atoms with Gasteiger partial charge in [-0.1, -0.05) is 0 Å². The normalized spacial score (nSPS) is 11.5. The molecule has 0 radical (unpaired) electrons. The van der Waals surface area contributed by atoms with Crippen molar-refractivity contribution in [2.45, 2.75) is 26.2 Å². The maximum absolute atomic E-state index is 12.6. The van der Waals surface area contributed by atoms with Gasteiger partial charge in [0.1, 0.15) is 13.1 Å². The van der Waals surface area contributed by atoms with E-state index >= 15 is 0 Å². The predicted molar refractivity (Wildman–Crippen MR) is 70.5 cm³/mol. The molecule has 2 aromatic heterocycles. The summed E-state index contributed by atoms with van der Waals surface area (Å²) in [6, 6.07) is 1.37. The lowest BCUT2D eigenvalue weighted by Crippen LogP contribution is -2.20. The molecule has 0 aliphatic carbocycles. The molecule has 0 aromatic carbocycles. The number of aryl methyl sites for hydroxylation is 1. The lowest BCUT2D eigenvalue weighted by Gasteiger charge is -2.04. The minimum atomic E-state index is -4.58. The lowest BCUT2D eigenvalue weighted by molar-refractivity contribution is -0.142. The first kappa shape index (κ1) is 16.5. The summed E-state index contributed by atoms with van der Waals surface area (Å²) < 4.78 is 39.8. The quantitative estimate of drug-likeness (QED) is 0.855. The largest absolute Gasteiger partial charge is 0.480 e. The zero-order valence-electron chi connectivity index (χ0n) is 11.8. The van der Waals surface area contributed by atoms with Crippen LogP contribution in [0.4, 0.5) is 19.0 Å². The number of rotatable bonds is 5. The summed E-state index contributed by atoms with van der Waals surface area (Å²) in [5.74, 6) is -1.64. The molecule has 0 aliphatic heterocycles. The van der Waals surface area contributed by atoms with Crippen molar-refractivity contribution in [2.24, 2.45) is 0 Å². The summed E-state index contributed by atoms with van der Waals surface area (Å²) in [5.41, 5.74) is -1.13. The van der Waals surface area contributed by atoms with Crippen LogP contribution in [0.5, 0.6) is 0 Å². The molecule has 23 heavy (non-hydrogen) atoms. The molecule has 2 N–H and O–H groups in total. The highest BCUT2D eigenvalue weighted by Crippen LogP contribution is 2.30. The lowest BCUT2D eigenvalue weighted by atomic mass is 10.3. The van der Waals surface area contributed by atoms with E-state index in [-0.39, 0.29) is 17.9 Å². The van der Waals surface area contributed by atoms with E-state index in [1.807, 2.05) is 0 Å². The summed E-state index contributed by atoms with van der Waals surface area (Å²) in [6.45, 7) is 0.448. The van der Waals surface area contributed by atoms with E-state index in [0.29, 0.717) is 0 Å². The van der Waals surface area contributed by atoms with Gasteiger partial charge in [0, 0.05) is 18.5 Å². The second-order valence-corrected chi connectivity index (χ2v) is 4.70. The molecule has 2 heterocycles. The number of nitrogens with zero attached hydrogens (tertiary/aromatic N) is 4. The van der Waals surface area contributed by atoms with Crippen LogP contribution in [0.2, 0.25) is 0 Å². The van der Waals surface area contributed by atoms with Crippen molar-refractivity contribution in [1.29, 1.82) is 0 Å². The average Bonchev–Trinajstić information content (AvgIpc) is 2.94. The summed E-state index contributed by atoms with van der Waals surface area (Å²) >= 11 is 0. The van der Waals surface area contributed by atoms with Crippen LogP contribution in [0.15, 0.2) is 18.5 Å². The zero-order chi connectivity index (χ0) is 17.2. The molecule has 2 rings (SSSR count). The Bertz CT molecular complexity index is 735. The first-order valence-corrected chi connectivity index (χ1v) is 6.31. The number of aromatic nitrogens is 4. The number of hydrogen-bond acceptors (Lipinski definition) is 4. The molecule has 0 unspecified atom stereocenters. The van der Waals surface area contributed by atoms with Gasteiger partial charge in [0.05, 0.1) is 0 Å². The third kappa shape index (κ3) is 4.31. The Labute approximate surface area is 127 Å². The molecule has 0 saturated heterocycles. The van der Waals surface area contributed by atoms with Crippen molar-refractivity contribution < 1.29 is 27.9 Å². The predicted octanol–water partition coefficient (Wildman–Crippen LogP) is 1.13. The van der Waals surface area contributed by atoms with Gasteiger partial charge in [0.2, 0.25) is 5.91 Å². The Balaban J connectivity index is 2.00. The topological polar surface area (TPSA) is 102 Å². The number of aliphatic carboxylic acids is 1. The zero-order valence-corrected chi connectivity index (χ0v) is 11.8. The number of carboxylic acids is 1. The number of anilines is 1. The van der Waals surface area contributed by atoms with E-state index < -0.39 is 30.3 Å². The van der Waals surface area contributed by atoms with E-state index in [9.17, 15) is 22.8 Å². The molecule has 0 bridgehead atoms. The molecule has 0 spiro atoms. The van der Waals surface area contributed by atoms with Gasteiger partial charge in [-0.15, -0.1) is 0 Å². The van der Waals surface area contributed by atoms with Crippen LogP contribution in [0, 0.1) is 6.92 Å². The Kier molecular flexibility index (Phi) is 4.38. The molecule has 2 aromatic rings. The Morgan fingerprint density at radius 3 is 2.52 bits per heavy atom. The Morgan fingerprint density at radius 1 is 1.26 bits per heavy atom. The summed E-state index contributed by atoms with van der Waals surface area (Å²) in [5, 5.41) is 18.1. The molecule has 11 heteroatoms. The van der Waals surface area contributed by atoms with Gasteiger partial charge in [-0.3, -0.25) is 19.0 Å². The van der Waals surface area contributed by atoms with Crippen molar-refractivity contribution in [2.75, 3.05) is 5.32 Å². The van der Waals surface area contributed by atoms with Gasteiger partial charge in [0.25, 0.3) is 0 Å². The standard InChI is InChI=1S/C12H12F3N5O3/c1-7-4-20(18-11(7)12(13,14)15)5-9(21)16-8-2-3-19(17-8)6-10(22)23/h2-4H,5-6H2,1H3,(H,22,23)(H,16,17,21). The fraction of sp³-hybridized carbons (Fsp3) is 0.333. The summed E-state index contributed by atoms with van der Waals surface area (Å²) in [6.07, 6.45) is -2.11. The molecule has 1 amide bonds. The monoisotopic (exact) mass is 331 g/mol. The van der Waals surface area contributed by atoms with Crippen molar-refractivity contribution >= 4 is 17.7 Å². The van der Waals surface area contributed by atoms with Gasteiger partial charge < -0.3 is 10.4 Å². The molecular weight excluding hydrogens is 319 g/mol. The minimum absolute atomic E-state index is 0.0870. The number of carbonyl (C=O) groups is 2. The van der Waals surface area contributed by atoms with E-state index in [1.54, 1.807) is 0 Å². The number of carboxylic acid groups (broad SMARTS) is 1.